The SMILES string of the molecule is COCCCCNc1ccc2c(C(=O)O)cccc2n1. The van der Waals surface area contributed by atoms with Crippen LogP contribution in [0.1, 0.15) is 23.2 Å². The molecule has 1 aromatic carbocycles. The van der Waals surface area contributed by atoms with Crippen molar-refractivity contribution in [2.45, 2.75) is 12.8 Å². The molecule has 0 atom stereocenters. The van der Waals surface area contributed by atoms with Crippen molar-refractivity contribution in [3.05, 3.63) is 35.9 Å². The summed E-state index contributed by atoms with van der Waals surface area (Å²) in [6, 6.07) is 8.72. The third kappa shape index (κ3) is 3.45. The lowest BCUT2D eigenvalue weighted by Gasteiger charge is -2.07. The van der Waals surface area contributed by atoms with Gasteiger partial charge in [0.15, 0.2) is 0 Å². The number of ether oxygens (including phenoxy) is 1. The van der Waals surface area contributed by atoms with Gasteiger partial charge in [-0.1, -0.05) is 6.07 Å². The number of carbonyl (C=O) groups is 1. The maximum atomic E-state index is 11.1. The number of unbranched alkanes of at least 4 members (excludes halogenated alkanes) is 1. The summed E-state index contributed by atoms with van der Waals surface area (Å²) in [5.41, 5.74) is 0.966. The van der Waals surface area contributed by atoms with Crippen LogP contribution in [0.3, 0.4) is 0 Å². The second-order valence-electron chi connectivity index (χ2n) is 4.50. The number of benzene rings is 1. The predicted octanol–water partition coefficient (Wildman–Crippen LogP) is 2.77. The summed E-state index contributed by atoms with van der Waals surface area (Å²) >= 11 is 0. The molecule has 0 aliphatic carbocycles. The molecule has 5 heteroatoms. The number of hydrogen-bond donors (Lipinski definition) is 2. The number of carboxylic acid groups (broad SMARTS) is 1. The highest BCUT2D eigenvalue weighted by atomic mass is 16.5. The van der Waals surface area contributed by atoms with Gasteiger partial charge < -0.3 is 15.2 Å². The number of carboxylic acids is 1. The molecule has 0 unspecified atom stereocenters. The lowest BCUT2D eigenvalue weighted by atomic mass is 10.1. The number of aromatic carboxylic acids is 1. The molecule has 2 rings (SSSR count). The Morgan fingerprint density at radius 1 is 1.30 bits per heavy atom. The smallest absolute Gasteiger partial charge is 0.336 e. The second kappa shape index (κ2) is 6.86. The number of nitrogens with zero attached hydrogens (tertiary/aromatic N) is 1. The Hall–Kier alpha value is -2.14. The molecule has 0 radical (unpaired) electrons. The van der Waals surface area contributed by atoms with Crippen molar-refractivity contribution in [2.24, 2.45) is 0 Å². The van der Waals surface area contributed by atoms with Crippen molar-refractivity contribution < 1.29 is 14.6 Å². The van der Waals surface area contributed by atoms with E-state index in [0.717, 1.165) is 31.8 Å². The monoisotopic (exact) mass is 274 g/mol. The third-order valence-corrected chi connectivity index (χ3v) is 3.04. The first-order chi connectivity index (χ1) is 9.72. The summed E-state index contributed by atoms with van der Waals surface area (Å²) in [6.07, 6.45) is 2.00. The van der Waals surface area contributed by atoms with Crippen LogP contribution in [0.15, 0.2) is 30.3 Å². The van der Waals surface area contributed by atoms with Crippen molar-refractivity contribution in [1.82, 2.24) is 4.98 Å². The molecule has 0 spiro atoms. The van der Waals surface area contributed by atoms with Crippen molar-refractivity contribution in [3.63, 3.8) is 0 Å². The van der Waals surface area contributed by atoms with Gasteiger partial charge in [0.25, 0.3) is 0 Å². The van der Waals surface area contributed by atoms with Crippen LogP contribution in [-0.4, -0.2) is 36.3 Å². The van der Waals surface area contributed by atoms with E-state index in [4.69, 9.17) is 9.84 Å². The lowest BCUT2D eigenvalue weighted by Crippen LogP contribution is -2.05. The number of hydrogen-bond acceptors (Lipinski definition) is 4. The van der Waals surface area contributed by atoms with E-state index in [1.165, 1.54) is 0 Å². The van der Waals surface area contributed by atoms with Crippen molar-refractivity contribution in [2.75, 3.05) is 25.6 Å². The number of methoxy groups -OCH3 is 1. The molecular weight excluding hydrogens is 256 g/mol. The number of nitrogens with one attached hydrogen (secondary N) is 1. The van der Waals surface area contributed by atoms with E-state index in [0.29, 0.717) is 10.9 Å². The van der Waals surface area contributed by atoms with Gasteiger partial charge in [0.1, 0.15) is 5.82 Å². The van der Waals surface area contributed by atoms with Crippen LogP contribution in [-0.2, 0) is 4.74 Å². The van der Waals surface area contributed by atoms with E-state index in [-0.39, 0.29) is 5.56 Å². The fourth-order valence-electron chi connectivity index (χ4n) is 2.03. The maximum absolute atomic E-state index is 11.1. The Morgan fingerprint density at radius 3 is 2.90 bits per heavy atom. The quantitative estimate of drug-likeness (QED) is 0.760. The highest BCUT2D eigenvalue weighted by molar-refractivity contribution is 6.02. The van der Waals surface area contributed by atoms with Crippen LogP contribution in [0.2, 0.25) is 0 Å². The minimum Gasteiger partial charge on any atom is -0.478 e. The molecule has 0 aliphatic rings. The first-order valence-corrected chi connectivity index (χ1v) is 6.58. The molecule has 0 fully saturated rings. The van der Waals surface area contributed by atoms with Crippen LogP contribution in [0.4, 0.5) is 5.82 Å². The zero-order valence-corrected chi connectivity index (χ0v) is 11.4. The molecule has 20 heavy (non-hydrogen) atoms. The largest absolute Gasteiger partial charge is 0.478 e. The van der Waals surface area contributed by atoms with E-state index < -0.39 is 5.97 Å². The minimum atomic E-state index is -0.933. The van der Waals surface area contributed by atoms with E-state index in [9.17, 15) is 4.79 Å². The molecule has 5 nitrogen and oxygen atoms in total. The average Bonchev–Trinajstić information content (AvgIpc) is 2.46. The summed E-state index contributed by atoms with van der Waals surface area (Å²) < 4.78 is 4.99. The number of rotatable bonds is 7. The van der Waals surface area contributed by atoms with E-state index in [2.05, 4.69) is 10.3 Å². The number of pyridine rings is 1. The molecule has 0 aliphatic heterocycles. The average molecular weight is 274 g/mol. The topological polar surface area (TPSA) is 71.5 Å². The molecule has 0 amide bonds. The standard InChI is InChI=1S/C15H18N2O3/c1-20-10-3-2-9-16-14-8-7-11-12(15(18)19)5-4-6-13(11)17-14/h4-8H,2-3,9-10H2,1H3,(H,16,17)(H,18,19). The Labute approximate surface area is 117 Å². The molecular formula is C15H18N2O3. The van der Waals surface area contributed by atoms with Gasteiger partial charge in [-0.2, -0.15) is 0 Å². The molecule has 106 valence electrons. The van der Waals surface area contributed by atoms with Crippen LogP contribution in [0.25, 0.3) is 10.9 Å². The number of aromatic nitrogens is 1. The van der Waals surface area contributed by atoms with E-state index >= 15 is 0 Å². The molecule has 2 N–H and O–H groups in total. The fourth-order valence-corrected chi connectivity index (χ4v) is 2.03. The summed E-state index contributed by atoms with van der Waals surface area (Å²) in [7, 11) is 1.69. The number of anilines is 1. The van der Waals surface area contributed by atoms with E-state index in [1.807, 2.05) is 12.1 Å². The number of fused-ring (bicyclic) bond motifs is 1. The van der Waals surface area contributed by atoms with E-state index in [1.54, 1.807) is 25.3 Å². The zero-order valence-electron chi connectivity index (χ0n) is 11.4. The summed E-state index contributed by atoms with van der Waals surface area (Å²) in [4.78, 5) is 15.5. The normalized spacial score (nSPS) is 10.7. The van der Waals surface area contributed by atoms with Crippen molar-refractivity contribution in [3.8, 4) is 0 Å². The molecule has 1 aromatic heterocycles. The molecule has 0 saturated heterocycles. The van der Waals surface area contributed by atoms with Gasteiger partial charge in [-0.3, -0.25) is 0 Å². The Kier molecular flexibility index (Phi) is 4.90. The Balaban J connectivity index is 2.08. The van der Waals surface area contributed by atoms with Gasteiger partial charge >= 0.3 is 5.97 Å². The van der Waals surface area contributed by atoms with Crippen LogP contribution in [0.5, 0.6) is 0 Å². The fraction of sp³-hybridized carbons (Fsp3) is 0.333. The summed E-state index contributed by atoms with van der Waals surface area (Å²) in [5.74, 6) is -0.171. The first-order valence-electron chi connectivity index (χ1n) is 6.58. The molecule has 0 bridgehead atoms. The van der Waals surface area contributed by atoms with Gasteiger partial charge in [-0.25, -0.2) is 9.78 Å². The van der Waals surface area contributed by atoms with Gasteiger partial charge in [-0.05, 0) is 37.1 Å². The second-order valence-corrected chi connectivity index (χ2v) is 4.50. The maximum Gasteiger partial charge on any atom is 0.336 e. The third-order valence-electron chi connectivity index (χ3n) is 3.04. The van der Waals surface area contributed by atoms with Gasteiger partial charge in [0.2, 0.25) is 0 Å². The van der Waals surface area contributed by atoms with Crippen molar-refractivity contribution >= 4 is 22.7 Å². The van der Waals surface area contributed by atoms with Crippen molar-refractivity contribution in [1.29, 1.82) is 0 Å². The highest BCUT2D eigenvalue weighted by Gasteiger charge is 2.08. The highest BCUT2D eigenvalue weighted by Crippen LogP contribution is 2.19. The van der Waals surface area contributed by atoms with Crippen LogP contribution < -0.4 is 5.32 Å². The zero-order chi connectivity index (χ0) is 14.4. The Bertz CT molecular complexity index is 599. The Morgan fingerprint density at radius 2 is 2.15 bits per heavy atom. The van der Waals surface area contributed by atoms with Crippen LogP contribution in [0, 0.1) is 0 Å². The summed E-state index contributed by atoms with van der Waals surface area (Å²) in [6.45, 7) is 1.58. The molecule has 2 aromatic rings. The predicted molar refractivity (Wildman–Crippen MR) is 78.3 cm³/mol. The summed E-state index contributed by atoms with van der Waals surface area (Å²) in [5, 5.41) is 13.0. The molecule has 0 saturated carbocycles. The first kappa shape index (κ1) is 14.3. The lowest BCUT2D eigenvalue weighted by molar-refractivity contribution is 0.0699. The van der Waals surface area contributed by atoms with Gasteiger partial charge in [-0.15, -0.1) is 0 Å². The van der Waals surface area contributed by atoms with Gasteiger partial charge in [0.05, 0.1) is 11.1 Å². The molecule has 1 heterocycles. The van der Waals surface area contributed by atoms with Gasteiger partial charge in [0, 0.05) is 25.6 Å². The minimum absolute atomic E-state index is 0.279. The van der Waals surface area contributed by atoms with Crippen LogP contribution >= 0.6 is 0 Å².